The summed E-state index contributed by atoms with van der Waals surface area (Å²) in [5.74, 6) is 0.645. The lowest BCUT2D eigenvalue weighted by Gasteiger charge is -2.07. The van der Waals surface area contributed by atoms with Crippen LogP contribution < -0.4 is 10.1 Å². The van der Waals surface area contributed by atoms with Crippen molar-refractivity contribution in [2.45, 2.75) is 6.42 Å². The van der Waals surface area contributed by atoms with Crippen molar-refractivity contribution >= 4 is 27.5 Å². The topological polar surface area (TPSA) is 51.2 Å². The van der Waals surface area contributed by atoms with Gasteiger partial charge >= 0.3 is 0 Å². The predicted molar refractivity (Wildman–Crippen MR) is 77.1 cm³/mol. The van der Waals surface area contributed by atoms with Gasteiger partial charge in [0.15, 0.2) is 0 Å². The number of carbonyl (C=O) groups excluding carboxylic acids is 1. The summed E-state index contributed by atoms with van der Waals surface area (Å²) in [5.41, 5.74) is 0.690. The van der Waals surface area contributed by atoms with E-state index in [4.69, 9.17) is 4.74 Å². The van der Waals surface area contributed by atoms with Crippen molar-refractivity contribution in [3.8, 4) is 5.75 Å². The number of benzene rings is 1. The van der Waals surface area contributed by atoms with Crippen molar-refractivity contribution in [3.05, 3.63) is 53.3 Å². The fourth-order valence-electron chi connectivity index (χ4n) is 1.48. The van der Waals surface area contributed by atoms with E-state index in [2.05, 4.69) is 26.2 Å². The van der Waals surface area contributed by atoms with Gasteiger partial charge in [0.2, 0.25) is 5.91 Å². The Morgan fingerprint density at radius 3 is 2.95 bits per heavy atom. The molecule has 4 nitrogen and oxygen atoms in total. The first-order valence-corrected chi connectivity index (χ1v) is 6.61. The number of hydrogen-bond donors (Lipinski definition) is 1. The highest BCUT2D eigenvalue weighted by Crippen LogP contribution is 2.17. The van der Waals surface area contributed by atoms with Crippen LogP contribution in [0.25, 0.3) is 0 Å². The second-order valence-corrected chi connectivity index (χ2v) is 4.76. The van der Waals surface area contributed by atoms with Crippen molar-refractivity contribution < 1.29 is 9.53 Å². The lowest BCUT2D eigenvalue weighted by Crippen LogP contribution is -2.15. The minimum atomic E-state index is -0.0944. The van der Waals surface area contributed by atoms with Gasteiger partial charge in [0.05, 0.1) is 24.9 Å². The Morgan fingerprint density at radius 1 is 1.32 bits per heavy atom. The largest absolute Gasteiger partial charge is 0.493 e. The molecule has 98 valence electrons. The van der Waals surface area contributed by atoms with Crippen molar-refractivity contribution in [2.24, 2.45) is 0 Å². The molecule has 0 atom stereocenters. The molecule has 0 spiro atoms. The van der Waals surface area contributed by atoms with Crippen LogP contribution in [0.4, 0.5) is 5.69 Å². The molecule has 0 aliphatic carbocycles. The fourth-order valence-corrected chi connectivity index (χ4v) is 1.86. The Balaban J connectivity index is 1.75. The second kappa shape index (κ2) is 6.89. The van der Waals surface area contributed by atoms with Gasteiger partial charge in [-0.25, -0.2) is 0 Å². The van der Waals surface area contributed by atoms with E-state index in [1.165, 1.54) is 0 Å². The Bertz CT molecular complexity index is 546. The zero-order chi connectivity index (χ0) is 13.5. The van der Waals surface area contributed by atoms with E-state index in [1.807, 2.05) is 24.3 Å². The van der Waals surface area contributed by atoms with E-state index in [-0.39, 0.29) is 5.91 Å². The molecule has 0 aliphatic heterocycles. The van der Waals surface area contributed by atoms with E-state index in [0.717, 1.165) is 10.2 Å². The number of hydrogen-bond acceptors (Lipinski definition) is 3. The molecular formula is C14H13BrN2O2. The average Bonchev–Trinajstić information content (AvgIpc) is 2.40. The molecule has 0 fully saturated rings. The molecule has 1 aromatic carbocycles. The van der Waals surface area contributed by atoms with E-state index in [9.17, 15) is 4.79 Å². The predicted octanol–water partition coefficient (Wildman–Crippen LogP) is 3.25. The third kappa shape index (κ3) is 4.71. The van der Waals surface area contributed by atoms with E-state index < -0.39 is 0 Å². The number of amides is 1. The fraction of sp³-hybridized carbons (Fsp3) is 0.143. The first-order chi connectivity index (χ1) is 9.24. The molecule has 1 heterocycles. The summed E-state index contributed by atoms with van der Waals surface area (Å²) in [7, 11) is 0. The Hall–Kier alpha value is -1.88. The van der Waals surface area contributed by atoms with Gasteiger partial charge < -0.3 is 10.1 Å². The quantitative estimate of drug-likeness (QED) is 0.920. The molecule has 2 aromatic rings. The summed E-state index contributed by atoms with van der Waals surface area (Å²) >= 11 is 3.36. The maximum Gasteiger partial charge on any atom is 0.227 e. The molecule has 0 aliphatic rings. The van der Waals surface area contributed by atoms with Crippen molar-refractivity contribution in [1.29, 1.82) is 0 Å². The molecule has 1 N–H and O–H groups in total. The summed E-state index contributed by atoms with van der Waals surface area (Å²) < 4.78 is 6.44. The maximum atomic E-state index is 11.6. The number of aromatic nitrogens is 1. The first-order valence-electron chi connectivity index (χ1n) is 5.82. The summed E-state index contributed by atoms with van der Waals surface area (Å²) in [4.78, 5) is 15.6. The van der Waals surface area contributed by atoms with Crippen molar-refractivity contribution in [1.82, 2.24) is 4.98 Å². The van der Waals surface area contributed by atoms with Crippen LogP contribution in [0.2, 0.25) is 0 Å². The van der Waals surface area contributed by atoms with Crippen LogP contribution in [0.15, 0.2) is 53.3 Å². The zero-order valence-corrected chi connectivity index (χ0v) is 11.8. The lowest BCUT2D eigenvalue weighted by molar-refractivity contribution is -0.116. The van der Waals surface area contributed by atoms with Crippen molar-refractivity contribution in [2.75, 3.05) is 11.9 Å². The average molecular weight is 321 g/mol. The molecule has 0 saturated carbocycles. The molecule has 0 radical (unpaired) electrons. The number of pyridine rings is 1. The Labute approximate surface area is 119 Å². The van der Waals surface area contributed by atoms with Crippen LogP contribution in [0.1, 0.15) is 6.42 Å². The van der Waals surface area contributed by atoms with E-state index in [1.54, 1.807) is 24.5 Å². The van der Waals surface area contributed by atoms with Gasteiger partial charge in [0.25, 0.3) is 0 Å². The molecule has 0 unspecified atom stereocenters. The van der Waals surface area contributed by atoms with Gasteiger partial charge in [0.1, 0.15) is 5.75 Å². The number of carbonyl (C=O) groups is 1. The van der Waals surface area contributed by atoms with Crippen LogP contribution in [0.5, 0.6) is 5.75 Å². The van der Waals surface area contributed by atoms with Gasteiger partial charge in [-0.15, -0.1) is 0 Å². The molecule has 0 bridgehead atoms. The normalized spacial score (nSPS) is 9.95. The molecule has 1 aromatic heterocycles. The third-order valence-electron chi connectivity index (χ3n) is 2.34. The number of nitrogens with zero attached hydrogens (tertiary/aromatic N) is 1. The first kappa shape index (κ1) is 13.5. The minimum absolute atomic E-state index is 0.0944. The summed E-state index contributed by atoms with van der Waals surface area (Å²) in [6.45, 7) is 0.336. The molecule has 0 saturated heterocycles. The smallest absolute Gasteiger partial charge is 0.227 e. The van der Waals surface area contributed by atoms with Crippen LogP contribution in [-0.4, -0.2) is 17.5 Å². The standard InChI is InChI=1S/C14H13BrN2O2/c15-11-3-1-5-13(9-11)19-8-6-14(18)17-12-4-2-7-16-10-12/h1-5,7,9-10H,6,8H2,(H,17,18). The Morgan fingerprint density at radius 2 is 2.21 bits per heavy atom. The summed E-state index contributed by atoms with van der Waals surface area (Å²) in [6, 6.07) is 11.1. The highest BCUT2D eigenvalue weighted by molar-refractivity contribution is 9.10. The second-order valence-electron chi connectivity index (χ2n) is 3.85. The monoisotopic (exact) mass is 320 g/mol. The SMILES string of the molecule is O=C(CCOc1cccc(Br)c1)Nc1cccnc1. The van der Waals surface area contributed by atoms with E-state index >= 15 is 0 Å². The highest BCUT2D eigenvalue weighted by atomic mass is 79.9. The molecule has 2 rings (SSSR count). The van der Waals surface area contributed by atoms with Crippen LogP contribution in [0.3, 0.4) is 0 Å². The van der Waals surface area contributed by atoms with Gasteiger partial charge in [0, 0.05) is 10.7 Å². The lowest BCUT2D eigenvalue weighted by atomic mass is 10.3. The number of anilines is 1. The minimum Gasteiger partial charge on any atom is -0.493 e. The van der Waals surface area contributed by atoms with Gasteiger partial charge in [-0.3, -0.25) is 9.78 Å². The van der Waals surface area contributed by atoms with Gasteiger partial charge in [-0.1, -0.05) is 22.0 Å². The summed E-state index contributed by atoms with van der Waals surface area (Å²) in [5, 5.41) is 2.75. The van der Waals surface area contributed by atoms with Gasteiger partial charge in [-0.05, 0) is 30.3 Å². The maximum absolute atomic E-state index is 11.6. The van der Waals surface area contributed by atoms with Crippen LogP contribution in [0, 0.1) is 0 Å². The van der Waals surface area contributed by atoms with E-state index in [0.29, 0.717) is 18.7 Å². The Kier molecular flexibility index (Phi) is 4.92. The molecule has 19 heavy (non-hydrogen) atoms. The zero-order valence-electron chi connectivity index (χ0n) is 10.2. The highest BCUT2D eigenvalue weighted by Gasteiger charge is 2.03. The third-order valence-corrected chi connectivity index (χ3v) is 2.83. The number of rotatable bonds is 5. The number of ether oxygens (including phenoxy) is 1. The number of nitrogens with one attached hydrogen (secondary N) is 1. The summed E-state index contributed by atoms with van der Waals surface area (Å²) in [6.07, 6.45) is 3.56. The van der Waals surface area contributed by atoms with Crippen molar-refractivity contribution in [3.63, 3.8) is 0 Å². The van der Waals surface area contributed by atoms with Crippen LogP contribution >= 0.6 is 15.9 Å². The number of halogens is 1. The van der Waals surface area contributed by atoms with Crippen LogP contribution in [-0.2, 0) is 4.79 Å². The molecular weight excluding hydrogens is 308 g/mol. The molecule has 5 heteroatoms. The molecule has 1 amide bonds. The van der Waals surface area contributed by atoms with Gasteiger partial charge in [-0.2, -0.15) is 0 Å².